The van der Waals surface area contributed by atoms with E-state index in [0.717, 1.165) is 12.1 Å². The van der Waals surface area contributed by atoms with E-state index >= 15 is 0 Å². The van der Waals surface area contributed by atoms with E-state index in [1.165, 1.54) is 17.8 Å². The summed E-state index contributed by atoms with van der Waals surface area (Å²) in [5.41, 5.74) is -0.481. The van der Waals surface area contributed by atoms with Crippen LogP contribution in [-0.2, 0) is 17.2 Å². The van der Waals surface area contributed by atoms with Crippen molar-refractivity contribution in [2.45, 2.75) is 4.90 Å². The molecule has 0 fully saturated rings. The number of nitrogens with zero attached hydrogens (tertiary/aromatic N) is 1. The van der Waals surface area contributed by atoms with Gasteiger partial charge in [0.25, 0.3) is 15.7 Å². The molecule has 0 saturated heterocycles. The van der Waals surface area contributed by atoms with Gasteiger partial charge in [0.2, 0.25) is 0 Å². The fraction of sp³-hybridized carbons (Fsp3) is 0.167. The van der Waals surface area contributed by atoms with Crippen LogP contribution in [0.4, 0.5) is 0 Å². The standard InChI is InChI=1S/C6H7NO4S/c1-7-3-2-5(4-6(7)8)12(9,10)11/h2-4H,1H3,(H,9,10,11). The third-order valence-corrected chi connectivity index (χ3v) is 2.22. The molecule has 0 saturated carbocycles. The minimum absolute atomic E-state index is 0.384. The number of aromatic nitrogens is 1. The summed E-state index contributed by atoms with van der Waals surface area (Å²) in [6, 6.07) is 2.01. The topological polar surface area (TPSA) is 76.4 Å². The lowest BCUT2D eigenvalue weighted by Gasteiger charge is -1.97. The monoisotopic (exact) mass is 189 g/mol. The van der Waals surface area contributed by atoms with Crippen molar-refractivity contribution in [3.8, 4) is 0 Å². The fourth-order valence-corrected chi connectivity index (χ4v) is 1.17. The molecular weight excluding hydrogens is 182 g/mol. The van der Waals surface area contributed by atoms with Crippen molar-refractivity contribution in [2.75, 3.05) is 0 Å². The largest absolute Gasteiger partial charge is 0.319 e. The highest BCUT2D eigenvalue weighted by Crippen LogP contribution is 2.02. The number of rotatable bonds is 1. The Morgan fingerprint density at radius 1 is 1.50 bits per heavy atom. The molecule has 12 heavy (non-hydrogen) atoms. The zero-order valence-electron chi connectivity index (χ0n) is 6.26. The molecule has 1 aromatic rings. The van der Waals surface area contributed by atoms with Crippen LogP contribution in [-0.4, -0.2) is 17.5 Å². The highest BCUT2D eigenvalue weighted by atomic mass is 32.2. The second-order valence-electron chi connectivity index (χ2n) is 2.29. The Morgan fingerprint density at radius 2 is 2.08 bits per heavy atom. The first-order valence-corrected chi connectivity index (χ1v) is 4.49. The summed E-state index contributed by atoms with van der Waals surface area (Å²) >= 11 is 0. The van der Waals surface area contributed by atoms with Crippen molar-refractivity contribution >= 4 is 10.1 Å². The summed E-state index contributed by atoms with van der Waals surface area (Å²) in [5, 5.41) is 0. The number of pyridine rings is 1. The summed E-state index contributed by atoms with van der Waals surface area (Å²) in [5.74, 6) is 0. The number of aryl methyl sites for hydroxylation is 1. The molecule has 1 heterocycles. The lowest BCUT2D eigenvalue weighted by atomic mass is 10.5. The molecular formula is C6H7NO4S. The van der Waals surface area contributed by atoms with E-state index in [1.54, 1.807) is 0 Å². The Morgan fingerprint density at radius 3 is 2.50 bits per heavy atom. The Balaban J connectivity index is 3.43. The van der Waals surface area contributed by atoms with Crippen LogP contribution < -0.4 is 5.56 Å². The second-order valence-corrected chi connectivity index (χ2v) is 3.71. The summed E-state index contributed by atoms with van der Waals surface area (Å²) in [6.07, 6.45) is 1.27. The van der Waals surface area contributed by atoms with Crippen LogP contribution in [0.25, 0.3) is 0 Å². The molecule has 0 aromatic carbocycles. The van der Waals surface area contributed by atoms with Gasteiger partial charge in [-0.05, 0) is 6.07 Å². The summed E-state index contributed by atoms with van der Waals surface area (Å²) < 4.78 is 30.7. The zero-order valence-corrected chi connectivity index (χ0v) is 7.08. The number of hydrogen-bond donors (Lipinski definition) is 1. The SMILES string of the molecule is Cn1ccc(S(=O)(=O)O)cc1=O. The van der Waals surface area contributed by atoms with E-state index in [2.05, 4.69) is 0 Å². The van der Waals surface area contributed by atoms with Gasteiger partial charge in [0, 0.05) is 19.3 Å². The van der Waals surface area contributed by atoms with E-state index < -0.39 is 15.7 Å². The Hall–Kier alpha value is -1.14. The van der Waals surface area contributed by atoms with Gasteiger partial charge in [-0.15, -0.1) is 0 Å². The van der Waals surface area contributed by atoms with Crippen LogP contribution in [0.1, 0.15) is 0 Å². The van der Waals surface area contributed by atoms with Gasteiger partial charge in [0.15, 0.2) is 0 Å². The minimum Gasteiger partial charge on any atom is -0.319 e. The van der Waals surface area contributed by atoms with Gasteiger partial charge in [0.05, 0.1) is 0 Å². The summed E-state index contributed by atoms with van der Waals surface area (Å²) in [4.78, 5) is 10.5. The summed E-state index contributed by atoms with van der Waals surface area (Å²) in [6.45, 7) is 0. The third kappa shape index (κ3) is 1.72. The molecule has 1 aromatic heterocycles. The average molecular weight is 189 g/mol. The Labute approximate surface area is 69.0 Å². The van der Waals surface area contributed by atoms with E-state index in [-0.39, 0.29) is 4.90 Å². The normalized spacial score (nSPS) is 11.5. The van der Waals surface area contributed by atoms with E-state index in [0.29, 0.717) is 0 Å². The molecule has 0 bridgehead atoms. The summed E-state index contributed by atoms with van der Waals surface area (Å²) in [7, 11) is -2.77. The van der Waals surface area contributed by atoms with E-state index in [1.807, 2.05) is 0 Å². The van der Waals surface area contributed by atoms with Crippen molar-refractivity contribution in [1.29, 1.82) is 0 Å². The van der Waals surface area contributed by atoms with Crippen molar-refractivity contribution in [3.05, 3.63) is 28.7 Å². The molecule has 1 N–H and O–H groups in total. The molecule has 6 heteroatoms. The van der Waals surface area contributed by atoms with Gasteiger partial charge in [0.1, 0.15) is 4.90 Å². The van der Waals surface area contributed by atoms with Crippen LogP contribution in [0.5, 0.6) is 0 Å². The first-order chi connectivity index (χ1) is 5.41. The highest BCUT2D eigenvalue weighted by Gasteiger charge is 2.09. The predicted molar refractivity (Wildman–Crippen MR) is 41.5 cm³/mol. The first kappa shape index (κ1) is 8.95. The second kappa shape index (κ2) is 2.72. The van der Waals surface area contributed by atoms with Gasteiger partial charge in [-0.25, -0.2) is 0 Å². The zero-order chi connectivity index (χ0) is 9.35. The van der Waals surface area contributed by atoms with E-state index in [4.69, 9.17) is 4.55 Å². The molecule has 0 atom stereocenters. The lowest BCUT2D eigenvalue weighted by Crippen LogP contribution is -2.16. The van der Waals surface area contributed by atoms with Crippen molar-refractivity contribution in [2.24, 2.45) is 7.05 Å². The molecule has 0 spiro atoms. The van der Waals surface area contributed by atoms with Crippen LogP contribution in [0, 0.1) is 0 Å². The lowest BCUT2D eigenvalue weighted by molar-refractivity contribution is 0.482. The fourth-order valence-electron chi connectivity index (χ4n) is 0.691. The Bertz CT molecular complexity index is 445. The van der Waals surface area contributed by atoms with Crippen LogP contribution in [0.15, 0.2) is 28.0 Å². The molecule has 0 aliphatic heterocycles. The minimum atomic E-state index is -4.26. The van der Waals surface area contributed by atoms with Gasteiger partial charge in [-0.2, -0.15) is 8.42 Å². The van der Waals surface area contributed by atoms with Crippen LogP contribution in [0.3, 0.4) is 0 Å². The van der Waals surface area contributed by atoms with Gasteiger partial charge >= 0.3 is 0 Å². The Kier molecular flexibility index (Phi) is 2.03. The predicted octanol–water partition coefficient (Wildman–Crippen LogP) is -0.368. The maximum Gasteiger partial charge on any atom is 0.294 e. The van der Waals surface area contributed by atoms with E-state index in [9.17, 15) is 13.2 Å². The van der Waals surface area contributed by atoms with Crippen LogP contribution >= 0.6 is 0 Å². The van der Waals surface area contributed by atoms with Crippen molar-refractivity contribution in [3.63, 3.8) is 0 Å². The van der Waals surface area contributed by atoms with Crippen molar-refractivity contribution in [1.82, 2.24) is 4.57 Å². The molecule has 5 nitrogen and oxygen atoms in total. The van der Waals surface area contributed by atoms with Crippen LogP contribution in [0.2, 0.25) is 0 Å². The number of hydrogen-bond acceptors (Lipinski definition) is 3. The third-order valence-electron chi connectivity index (χ3n) is 1.37. The quantitative estimate of drug-likeness (QED) is 0.611. The maximum atomic E-state index is 10.9. The van der Waals surface area contributed by atoms with Gasteiger partial charge < -0.3 is 4.57 Å². The van der Waals surface area contributed by atoms with Gasteiger partial charge in [-0.1, -0.05) is 0 Å². The molecule has 0 unspecified atom stereocenters. The van der Waals surface area contributed by atoms with Gasteiger partial charge in [-0.3, -0.25) is 9.35 Å². The molecule has 0 aliphatic rings. The first-order valence-electron chi connectivity index (χ1n) is 3.05. The molecule has 0 aliphatic carbocycles. The van der Waals surface area contributed by atoms with Crippen molar-refractivity contribution < 1.29 is 13.0 Å². The molecule has 0 amide bonds. The molecule has 0 radical (unpaired) electrons. The average Bonchev–Trinajstić information content (AvgIpc) is 1.92. The highest BCUT2D eigenvalue weighted by molar-refractivity contribution is 7.85. The molecule has 66 valence electrons. The smallest absolute Gasteiger partial charge is 0.294 e. The maximum absolute atomic E-state index is 10.9. The molecule has 1 rings (SSSR count).